The van der Waals surface area contributed by atoms with Crippen LogP contribution in [0.25, 0.3) is 0 Å². The smallest absolute Gasteiger partial charge is 0.244 e. The van der Waals surface area contributed by atoms with Crippen molar-refractivity contribution in [3.8, 4) is 0 Å². The summed E-state index contributed by atoms with van der Waals surface area (Å²) < 4.78 is 26.8. The molecule has 94 valence electrons. The van der Waals surface area contributed by atoms with E-state index in [4.69, 9.17) is 5.73 Å². The highest BCUT2D eigenvalue weighted by atomic mass is 79.9. The van der Waals surface area contributed by atoms with Crippen molar-refractivity contribution in [2.45, 2.75) is 24.3 Å². The molecule has 0 radical (unpaired) electrons. The molecular weight excluding hydrogens is 304 g/mol. The van der Waals surface area contributed by atoms with Crippen LogP contribution >= 0.6 is 15.9 Å². The minimum atomic E-state index is -3.41. The van der Waals surface area contributed by atoms with Crippen molar-refractivity contribution in [2.24, 2.45) is 5.73 Å². The molecular formula is C11H15BrN2O2S. The molecule has 0 aromatic heterocycles. The lowest BCUT2D eigenvalue weighted by Crippen LogP contribution is -2.32. The van der Waals surface area contributed by atoms with Crippen molar-refractivity contribution in [1.29, 1.82) is 0 Å². The molecule has 0 bridgehead atoms. The fourth-order valence-electron chi connectivity index (χ4n) is 1.93. The molecule has 1 saturated heterocycles. The third-order valence-corrected chi connectivity index (χ3v) is 5.73. The van der Waals surface area contributed by atoms with Crippen LogP contribution in [0.1, 0.15) is 12.0 Å². The Morgan fingerprint density at radius 3 is 2.71 bits per heavy atom. The van der Waals surface area contributed by atoms with E-state index in [1.807, 2.05) is 13.0 Å². The third-order valence-electron chi connectivity index (χ3n) is 2.89. The summed E-state index contributed by atoms with van der Waals surface area (Å²) in [6.07, 6.45) is 0.725. The van der Waals surface area contributed by atoms with Crippen molar-refractivity contribution in [1.82, 2.24) is 4.31 Å². The highest BCUT2D eigenvalue weighted by Gasteiger charge is 2.31. The van der Waals surface area contributed by atoms with Crippen LogP contribution in [0, 0.1) is 6.92 Å². The Hall–Kier alpha value is -0.430. The first-order valence-corrected chi connectivity index (χ1v) is 7.66. The number of sulfonamides is 1. The molecule has 1 aliphatic rings. The van der Waals surface area contributed by atoms with Crippen LogP contribution in [0.5, 0.6) is 0 Å². The third kappa shape index (κ3) is 2.54. The van der Waals surface area contributed by atoms with Crippen molar-refractivity contribution < 1.29 is 8.42 Å². The van der Waals surface area contributed by atoms with Gasteiger partial charge in [0, 0.05) is 23.6 Å². The quantitative estimate of drug-likeness (QED) is 0.898. The molecule has 2 N–H and O–H groups in total. The Morgan fingerprint density at radius 1 is 1.47 bits per heavy atom. The van der Waals surface area contributed by atoms with Crippen LogP contribution in [-0.2, 0) is 10.0 Å². The molecule has 1 atom stereocenters. The number of benzene rings is 1. The van der Waals surface area contributed by atoms with Gasteiger partial charge in [0.15, 0.2) is 0 Å². The van der Waals surface area contributed by atoms with Crippen molar-refractivity contribution in [3.05, 3.63) is 28.2 Å². The van der Waals surface area contributed by atoms with Gasteiger partial charge in [0.1, 0.15) is 0 Å². The van der Waals surface area contributed by atoms with Gasteiger partial charge in [-0.05, 0) is 47.0 Å². The highest BCUT2D eigenvalue weighted by Crippen LogP contribution is 2.27. The van der Waals surface area contributed by atoms with Gasteiger partial charge >= 0.3 is 0 Å². The molecule has 0 saturated carbocycles. The van der Waals surface area contributed by atoms with E-state index >= 15 is 0 Å². The first kappa shape index (κ1) is 13.0. The summed E-state index contributed by atoms with van der Waals surface area (Å²) in [5.41, 5.74) is 6.77. The van der Waals surface area contributed by atoms with Gasteiger partial charge in [-0.25, -0.2) is 8.42 Å². The van der Waals surface area contributed by atoms with Gasteiger partial charge in [-0.2, -0.15) is 4.31 Å². The fourth-order valence-corrected chi connectivity index (χ4v) is 4.59. The summed E-state index contributed by atoms with van der Waals surface area (Å²) in [5, 5.41) is 0. The Labute approximate surface area is 110 Å². The number of aryl methyl sites for hydroxylation is 1. The predicted molar refractivity (Wildman–Crippen MR) is 70.2 cm³/mol. The van der Waals surface area contributed by atoms with E-state index in [1.165, 1.54) is 4.31 Å². The largest absolute Gasteiger partial charge is 0.326 e. The summed E-state index contributed by atoms with van der Waals surface area (Å²) in [5.74, 6) is 0. The molecule has 1 aromatic rings. The summed E-state index contributed by atoms with van der Waals surface area (Å²) in [4.78, 5) is 0.317. The van der Waals surface area contributed by atoms with Crippen LogP contribution in [0.2, 0.25) is 0 Å². The number of nitrogens with zero attached hydrogens (tertiary/aromatic N) is 1. The lowest BCUT2D eigenvalue weighted by molar-refractivity contribution is 0.472. The average Bonchev–Trinajstić information content (AvgIpc) is 2.64. The summed E-state index contributed by atoms with van der Waals surface area (Å²) >= 11 is 3.31. The van der Waals surface area contributed by atoms with Gasteiger partial charge in [0.05, 0.1) is 4.90 Å². The normalized spacial score (nSPS) is 21.9. The molecule has 0 unspecified atom stereocenters. The van der Waals surface area contributed by atoms with E-state index in [1.54, 1.807) is 12.1 Å². The van der Waals surface area contributed by atoms with Crippen LogP contribution in [-0.4, -0.2) is 31.9 Å². The topological polar surface area (TPSA) is 63.4 Å². The maximum atomic E-state index is 12.4. The van der Waals surface area contributed by atoms with Crippen LogP contribution in [0.15, 0.2) is 27.6 Å². The molecule has 1 fully saturated rings. The number of hydrogen-bond acceptors (Lipinski definition) is 3. The summed E-state index contributed by atoms with van der Waals surface area (Å²) in [7, 11) is -3.41. The average molecular weight is 319 g/mol. The van der Waals surface area contributed by atoms with Crippen molar-refractivity contribution >= 4 is 26.0 Å². The summed E-state index contributed by atoms with van der Waals surface area (Å²) in [6, 6.07) is 5.20. The van der Waals surface area contributed by atoms with Gasteiger partial charge in [0.2, 0.25) is 10.0 Å². The van der Waals surface area contributed by atoms with E-state index in [9.17, 15) is 8.42 Å². The van der Waals surface area contributed by atoms with Gasteiger partial charge in [-0.15, -0.1) is 0 Å². The zero-order chi connectivity index (χ0) is 12.6. The Morgan fingerprint density at radius 2 is 2.18 bits per heavy atom. The number of nitrogens with two attached hydrogens (primary N) is 1. The standard InChI is InChI=1S/C11H15BrN2O2S/c1-8-2-3-11(10(12)6-8)17(15,16)14-5-4-9(13)7-14/h2-3,6,9H,4-5,7,13H2,1H3/t9-/m0/s1. The van der Waals surface area contributed by atoms with Gasteiger partial charge in [-0.3, -0.25) is 0 Å². The fraction of sp³-hybridized carbons (Fsp3) is 0.455. The van der Waals surface area contributed by atoms with E-state index in [0.717, 1.165) is 12.0 Å². The molecule has 17 heavy (non-hydrogen) atoms. The van der Waals surface area contributed by atoms with E-state index < -0.39 is 10.0 Å². The number of hydrogen-bond donors (Lipinski definition) is 1. The molecule has 2 rings (SSSR count). The van der Waals surface area contributed by atoms with Gasteiger partial charge in [0.25, 0.3) is 0 Å². The molecule has 0 spiro atoms. The molecule has 1 heterocycles. The predicted octanol–water partition coefficient (Wildman–Crippen LogP) is 1.48. The Bertz CT molecular complexity index is 530. The Kier molecular flexibility index (Phi) is 3.58. The second-order valence-electron chi connectivity index (χ2n) is 4.35. The van der Waals surface area contributed by atoms with Crippen LogP contribution < -0.4 is 5.73 Å². The molecule has 0 aliphatic carbocycles. The second-order valence-corrected chi connectivity index (χ2v) is 7.11. The first-order chi connectivity index (χ1) is 7.91. The molecule has 1 aromatic carbocycles. The first-order valence-electron chi connectivity index (χ1n) is 5.43. The maximum absolute atomic E-state index is 12.4. The Balaban J connectivity index is 2.38. The molecule has 6 heteroatoms. The van der Waals surface area contributed by atoms with E-state index in [-0.39, 0.29) is 6.04 Å². The molecule has 0 amide bonds. The zero-order valence-electron chi connectivity index (χ0n) is 9.56. The van der Waals surface area contributed by atoms with Crippen molar-refractivity contribution in [2.75, 3.05) is 13.1 Å². The lowest BCUT2D eigenvalue weighted by Gasteiger charge is -2.17. The van der Waals surface area contributed by atoms with E-state index in [0.29, 0.717) is 22.5 Å². The second kappa shape index (κ2) is 4.68. The molecule has 1 aliphatic heterocycles. The highest BCUT2D eigenvalue weighted by molar-refractivity contribution is 9.10. The van der Waals surface area contributed by atoms with Gasteiger partial charge in [-0.1, -0.05) is 6.07 Å². The van der Waals surface area contributed by atoms with Crippen molar-refractivity contribution in [3.63, 3.8) is 0 Å². The maximum Gasteiger partial charge on any atom is 0.244 e. The number of rotatable bonds is 2. The zero-order valence-corrected chi connectivity index (χ0v) is 12.0. The minimum absolute atomic E-state index is 0.0472. The van der Waals surface area contributed by atoms with E-state index in [2.05, 4.69) is 15.9 Å². The summed E-state index contributed by atoms with van der Waals surface area (Å²) in [6.45, 7) is 2.83. The molecule has 4 nitrogen and oxygen atoms in total. The lowest BCUT2D eigenvalue weighted by atomic mass is 10.2. The number of halogens is 1. The SMILES string of the molecule is Cc1ccc(S(=O)(=O)N2CC[C@H](N)C2)c(Br)c1. The minimum Gasteiger partial charge on any atom is -0.326 e. The van der Waals surface area contributed by atoms with Crippen LogP contribution in [0.4, 0.5) is 0 Å². The van der Waals surface area contributed by atoms with Gasteiger partial charge < -0.3 is 5.73 Å². The monoisotopic (exact) mass is 318 g/mol. The van der Waals surface area contributed by atoms with Crippen LogP contribution in [0.3, 0.4) is 0 Å².